The van der Waals surface area contributed by atoms with Crippen molar-refractivity contribution in [1.29, 1.82) is 0 Å². The average Bonchev–Trinajstić information content (AvgIpc) is 2.96. The van der Waals surface area contributed by atoms with E-state index in [0.717, 1.165) is 6.42 Å². The molecule has 2 rings (SSSR count). The minimum absolute atomic E-state index is 0.0970. The number of urea groups is 1. The summed E-state index contributed by atoms with van der Waals surface area (Å²) in [5.41, 5.74) is 0.790. The number of carbonyl (C=O) groups excluding carboxylic acids is 3. The van der Waals surface area contributed by atoms with Crippen LogP contribution in [0, 0.1) is 5.92 Å². The van der Waals surface area contributed by atoms with Crippen LogP contribution in [0.3, 0.4) is 0 Å². The third-order valence-corrected chi connectivity index (χ3v) is 3.26. The van der Waals surface area contributed by atoms with Gasteiger partial charge in [0.05, 0.1) is 5.52 Å². The maximum atomic E-state index is 12.0. The summed E-state index contributed by atoms with van der Waals surface area (Å²) in [4.78, 5) is 35.1. The molecule has 0 saturated heterocycles. The molecule has 1 aromatic heterocycles. The van der Waals surface area contributed by atoms with E-state index in [1.165, 1.54) is 0 Å². The normalized spacial score (nSPS) is 10.6. The van der Waals surface area contributed by atoms with Gasteiger partial charge in [-0.2, -0.15) is 5.10 Å². The van der Waals surface area contributed by atoms with Crippen molar-refractivity contribution in [2.24, 2.45) is 5.92 Å². The highest BCUT2D eigenvalue weighted by Gasteiger charge is 2.17. The third kappa shape index (κ3) is 4.80. The molecule has 3 N–H and O–H groups in total. The van der Waals surface area contributed by atoms with E-state index in [4.69, 9.17) is 4.74 Å². The predicted molar refractivity (Wildman–Crippen MR) is 87.4 cm³/mol. The standard InChI is InChI=1S/C16H20N4O4/c1-10(2)7-8-17-16(23)18-13(21)9-24-15(22)14-11-5-3-4-6-12(11)19-20-14/h3-6,10H,7-9H2,1-2H3,(H,19,20)(H2,17,18,21,23). The van der Waals surface area contributed by atoms with Crippen molar-refractivity contribution in [2.75, 3.05) is 13.2 Å². The van der Waals surface area contributed by atoms with Gasteiger partial charge in [0, 0.05) is 11.9 Å². The molecule has 3 amide bonds. The average molecular weight is 332 g/mol. The number of rotatable bonds is 6. The van der Waals surface area contributed by atoms with Crippen molar-refractivity contribution in [1.82, 2.24) is 20.8 Å². The lowest BCUT2D eigenvalue weighted by Crippen LogP contribution is -2.42. The van der Waals surface area contributed by atoms with E-state index in [1.54, 1.807) is 24.3 Å². The molecule has 0 fully saturated rings. The van der Waals surface area contributed by atoms with Crippen LogP contribution in [0.25, 0.3) is 10.9 Å². The van der Waals surface area contributed by atoms with Crippen LogP contribution in [0.2, 0.25) is 0 Å². The lowest BCUT2D eigenvalue weighted by atomic mass is 10.1. The molecule has 0 radical (unpaired) electrons. The van der Waals surface area contributed by atoms with Crippen molar-refractivity contribution < 1.29 is 19.1 Å². The Morgan fingerprint density at radius 1 is 1.25 bits per heavy atom. The zero-order chi connectivity index (χ0) is 17.5. The minimum atomic E-state index is -0.734. The molecule has 0 aliphatic carbocycles. The molecule has 24 heavy (non-hydrogen) atoms. The highest BCUT2D eigenvalue weighted by Crippen LogP contribution is 2.15. The zero-order valence-corrected chi connectivity index (χ0v) is 13.6. The Morgan fingerprint density at radius 2 is 2.00 bits per heavy atom. The van der Waals surface area contributed by atoms with Gasteiger partial charge in [0.1, 0.15) is 0 Å². The van der Waals surface area contributed by atoms with E-state index in [1.807, 2.05) is 13.8 Å². The topological polar surface area (TPSA) is 113 Å². The predicted octanol–water partition coefficient (Wildman–Crippen LogP) is 1.59. The van der Waals surface area contributed by atoms with Crippen molar-refractivity contribution in [3.05, 3.63) is 30.0 Å². The van der Waals surface area contributed by atoms with E-state index in [-0.39, 0.29) is 5.69 Å². The largest absolute Gasteiger partial charge is 0.451 e. The fourth-order valence-corrected chi connectivity index (χ4v) is 2.00. The van der Waals surface area contributed by atoms with Crippen molar-refractivity contribution >= 4 is 28.8 Å². The summed E-state index contributed by atoms with van der Waals surface area (Å²) in [6, 6.07) is 6.45. The summed E-state index contributed by atoms with van der Waals surface area (Å²) in [6.07, 6.45) is 0.808. The van der Waals surface area contributed by atoms with Gasteiger partial charge in [0.15, 0.2) is 12.3 Å². The molecule has 0 saturated carbocycles. The van der Waals surface area contributed by atoms with Crippen molar-refractivity contribution in [3.63, 3.8) is 0 Å². The van der Waals surface area contributed by atoms with Gasteiger partial charge in [-0.1, -0.05) is 32.0 Å². The number of imide groups is 1. The molecule has 1 heterocycles. The summed E-state index contributed by atoms with van der Waals surface area (Å²) >= 11 is 0. The monoisotopic (exact) mass is 332 g/mol. The van der Waals surface area contributed by atoms with Gasteiger partial charge in [-0.05, 0) is 18.4 Å². The summed E-state index contributed by atoms with van der Waals surface area (Å²) in [5.74, 6) is -0.987. The fraction of sp³-hybridized carbons (Fsp3) is 0.375. The maximum absolute atomic E-state index is 12.0. The maximum Gasteiger partial charge on any atom is 0.359 e. The Balaban J connectivity index is 1.79. The Labute approximate surface area is 138 Å². The number of esters is 1. The molecule has 0 spiro atoms. The van der Waals surface area contributed by atoms with Gasteiger partial charge in [-0.25, -0.2) is 9.59 Å². The number of carbonyl (C=O) groups is 3. The summed E-state index contributed by atoms with van der Waals surface area (Å²) < 4.78 is 4.89. The van der Waals surface area contributed by atoms with Crippen LogP contribution in [-0.4, -0.2) is 41.3 Å². The second-order valence-electron chi connectivity index (χ2n) is 5.68. The van der Waals surface area contributed by atoms with Crippen LogP contribution < -0.4 is 10.6 Å². The smallest absolute Gasteiger partial charge is 0.359 e. The second kappa shape index (κ2) is 8.09. The van der Waals surface area contributed by atoms with E-state index >= 15 is 0 Å². The van der Waals surface area contributed by atoms with Crippen LogP contribution in [0.1, 0.15) is 30.8 Å². The number of aromatic amines is 1. The highest BCUT2D eigenvalue weighted by atomic mass is 16.5. The van der Waals surface area contributed by atoms with Crippen LogP contribution in [0.15, 0.2) is 24.3 Å². The number of H-pyrrole nitrogens is 1. The number of ether oxygens (including phenoxy) is 1. The minimum Gasteiger partial charge on any atom is -0.451 e. The number of nitrogens with zero attached hydrogens (tertiary/aromatic N) is 1. The quantitative estimate of drug-likeness (QED) is 0.695. The molecule has 2 aromatic rings. The number of amides is 3. The summed E-state index contributed by atoms with van der Waals surface area (Å²) in [7, 11) is 0. The molecule has 8 nitrogen and oxygen atoms in total. The molecular formula is C16H20N4O4. The molecule has 0 bridgehead atoms. The Hall–Kier alpha value is -2.90. The second-order valence-corrected chi connectivity index (χ2v) is 5.68. The van der Waals surface area contributed by atoms with E-state index in [0.29, 0.717) is 23.4 Å². The molecule has 1 aromatic carbocycles. The van der Waals surface area contributed by atoms with Crippen LogP contribution >= 0.6 is 0 Å². The van der Waals surface area contributed by atoms with E-state index in [2.05, 4.69) is 20.8 Å². The van der Waals surface area contributed by atoms with Gasteiger partial charge < -0.3 is 10.1 Å². The number of hydrogen-bond acceptors (Lipinski definition) is 5. The number of para-hydroxylation sites is 1. The molecule has 0 aliphatic rings. The molecule has 0 aliphatic heterocycles. The first-order valence-corrected chi connectivity index (χ1v) is 7.65. The molecule has 8 heteroatoms. The number of fused-ring (bicyclic) bond motifs is 1. The molecule has 0 atom stereocenters. The van der Waals surface area contributed by atoms with Crippen LogP contribution in [-0.2, 0) is 9.53 Å². The first-order valence-electron chi connectivity index (χ1n) is 7.65. The first kappa shape index (κ1) is 17.5. The van der Waals surface area contributed by atoms with E-state index < -0.39 is 24.5 Å². The lowest BCUT2D eigenvalue weighted by molar-refractivity contribution is -0.123. The van der Waals surface area contributed by atoms with Crippen molar-refractivity contribution in [2.45, 2.75) is 20.3 Å². The highest BCUT2D eigenvalue weighted by molar-refractivity contribution is 6.03. The van der Waals surface area contributed by atoms with Gasteiger partial charge in [0.2, 0.25) is 0 Å². The van der Waals surface area contributed by atoms with Gasteiger partial charge in [-0.3, -0.25) is 15.2 Å². The first-order chi connectivity index (χ1) is 11.5. The molecule has 128 valence electrons. The zero-order valence-electron chi connectivity index (χ0n) is 13.6. The fourth-order valence-electron chi connectivity index (χ4n) is 2.00. The number of nitrogens with one attached hydrogen (secondary N) is 3. The Kier molecular flexibility index (Phi) is 5.89. The lowest BCUT2D eigenvalue weighted by Gasteiger charge is -2.08. The summed E-state index contributed by atoms with van der Waals surface area (Å²) in [5, 5.41) is 11.8. The molecular weight excluding hydrogens is 312 g/mol. The van der Waals surface area contributed by atoms with Gasteiger partial charge in [-0.15, -0.1) is 0 Å². The molecule has 0 unspecified atom stereocenters. The van der Waals surface area contributed by atoms with Gasteiger partial charge >= 0.3 is 12.0 Å². The number of hydrogen-bond donors (Lipinski definition) is 3. The van der Waals surface area contributed by atoms with Crippen molar-refractivity contribution in [3.8, 4) is 0 Å². The Bertz CT molecular complexity index is 739. The van der Waals surface area contributed by atoms with E-state index in [9.17, 15) is 14.4 Å². The Morgan fingerprint density at radius 3 is 2.75 bits per heavy atom. The van der Waals surface area contributed by atoms with Gasteiger partial charge in [0.25, 0.3) is 5.91 Å². The SMILES string of the molecule is CC(C)CCNC(=O)NC(=O)COC(=O)c1n[nH]c2ccccc12. The van der Waals surface area contributed by atoms with Crippen LogP contribution in [0.4, 0.5) is 4.79 Å². The summed E-state index contributed by atoms with van der Waals surface area (Å²) in [6.45, 7) is 3.97. The number of aromatic nitrogens is 2. The van der Waals surface area contributed by atoms with Crippen LogP contribution in [0.5, 0.6) is 0 Å². The number of benzene rings is 1. The third-order valence-electron chi connectivity index (χ3n) is 3.26.